The van der Waals surface area contributed by atoms with Gasteiger partial charge in [0.05, 0.1) is 5.52 Å². The van der Waals surface area contributed by atoms with Crippen molar-refractivity contribution in [3.63, 3.8) is 0 Å². The molecule has 1 heterocycles. The van der Waals surface area contributed by atoms with Crippen molar-refractivity contribution in [3.05, 3.63) is 36.5 Å². The first-order valence-electron chi connectivity index (χ1n) is 8.06. The Bertz CT molecular complexity index is 681. The molecule has 5 heteroatoms. The van der Waals surface area contributed by atoms with Gasteiger partial charge in [0.15, 0.2) is 0 Å². The molecular formula is C18H23N3O2. The van der Waals surface area contributed by atoms with E-state index in [1.54, 1.807) is 11.1 Å². The second-order valence-electron chi connectivity index (χ2n) is 5.38. The van der Waals surface area contributed by atoms with Crippen molar-refractivity contribution in [3.8, 4) is 0 Å². The third-order valence-electron chi connectivity index (χ3n) is 3.80. The fraction of sp³-hybridized carbons (Fsp3) is 0.389. The lowest BCUT2D eigenvalue weighted by atomic mass is 10.2. The summed E-state index contributed by atoms with van der Waals surface area (Å²) in [6.07, 6.45) is 3.07. The Kier molecular flexibility index (Phi) is 6.09. The Morgan fingerprint density at radius 3 is 2.65 bits per heavy atom. The molecule has 0 fully saturated rings. The van der Waals surface area contributed by atoms with Crippen LogP contribution in [0.15, 0.2) is 36.5 Å². The SMILES string of the molecule is CCN(CC)C(=O)CCCC(=O)Nc1ccc2ncccc2c1. The average molecular weight is 313 g/mol. The Morgan fingerprint density at radius 1 is 1.13 bits per heavy atom. The molecule has 1 aromatic carbocycles. The summed E-state index contributed by atoms with van der Waals surface area (Å²) >= 11 is 0. The van der Waals surface area contributed by atoms with Gasteiger partial charge >= 0.3 is 0 Å². The maximum Gasteiger partial charge on any atom is 0.224 e. The van der Waals surface area contributed by atoms with E-state index in [9.17, 15) is 9.59 Å². The van der Waals surface area contributed by atoms with Gasteiger partial charge in [-0.3, -0.25) is 14.6 Å². The van der Waals surface area contributed by atoms with Crippen LogP contribution in [0.5, 0.6) is 0 Å². The van der Waals surface area contributed by atoms with Crippen LogP contribution in [0.2, 0.25) is 0 Å². The van der Waals surface area contributed by atoms with Gasteiger partial charge in [-0.15, -0.1) is 0 Å². The highest BCUT2D eigenvalue weighted by atomic mass is 16.2. The molecule has 1 N–H and O–H groups in total. The first-order valence-corrected chi connectivity index (χ1v) is 8.06. The minimum absolute atomic E-state index is 0.0689. The Hall–Kier alpha value is -2.43. The Morgan fingerprint density at radius 2 is 1.91 bits per heavy atom. The molecule has 1 aromatic heterocycles. The lowest BCUT2D eigenvalue weighted by Gasteiger charge is -2.18. The van der Waals surface area contributed by atoms with Crippen LogP contribution in [0.1, 0.15) is 33.1 Å². The molecule has 5 nitrogen and oxygen atoms in total. The van der Waals surface area contributed by atoms with Gasteiger partial charge in [-0.2, -0.15) is 0 Å². The van der Waals surface area contributed by atoms with Gasteiger partial charge in [0.25, 0.3) is 0 Å². The second-order valence-corrected chi connectivity index (χ2v) is 5.38. The third-order valence-corrected chi connectivity index (χ3v) is 3.80. The molecule has 0 aliphatic rings. The number of anilines is 1. The molecule has 2 rings (SSSR count). The number of amides is 2. The third kappa shape index (κ3) is 4.77. The highest BCUT2D eigenvalue weighted by molar-refractivity contribution is 5.93. The van der Waals surface area contributed by atoms with Gasteiger partial charge in [0.2, 0.25) is 11.8 Å². The van der Waals surface area contributed by atoms with Crippen molar-refractivity contribution in [2.45, 2.75) is 33.1 Å². The van der Waals surface area contributed by atoms with Crippen molar-refractivity contribution >= 4 is 28.4 Å². The maximum absolute atomic E-state index is 12.0. The molecular weight excluding hydrogens is 290 g/mol. The van der Waals surface area contributed by atoms with E-state index < -0.39 is 0 Å². The molecule has 0 spiro atoms. The standard InChI is InChI=1S/C18H23N3O2/c1-3-21(4-2)18(23)9-5-8-17(22)20-15-10-11-16-14(13-15)7-6-12-19-16/h6-7,10-13H,3-5,8-9H2,1-2H3,(H,20,22). The Labute approximate surface area is 136 Å². The molecule has 0 bridgehead atoms. The number of benzene rings is 1. The average Bonchev–Trinajstić information content (AvgIpc) is 2.56. The summed E-state index contributed by atoms with van der Waals surface area (Å²) in [7, 11) is 0. The first kappa shape index (κ1) is 16.9. The summed E-state index contributed by atoms with van der Waals surface area (Å²) in [5, 5.41) is 3.86. The second kappa shape index (κ2) is 8.27. The normalized spacial score (nSPS) is 10.5. The van der Waals surface area contributed by atoms with E-state index in [1.807, 2.05) is 44.2 Å². The number of hydrogen-bond acceptors (Lipinski definition) is 3. The van der Waals surface area contributed by atoms with Crippen LogP contribution in [0.3, 0.4) is 0 Å². The topological polar surface area (TPSA) is 62.3 Å². The smallest absolute Gasteiger partial charge is 0.224 e. The molecule has 0 aliphatic carbocycles. The van der Waals surface area contributed by atoms with Crippen molar-refractivity contribution in [1.29, 1.82) is 0 Å². The van der Waals surface area contributed by atoms with Gasteiger partial charge in [-0.1, -0.05) is 6.07 Å². The number of rotatable bonds is 7. The summed E-state index contributed by atoms with van der Waals surface area (Å²) in [5.74, 6) is 0.0418. The zero-order chi connectivity index (χ0) is 16.7. The van der Waals surface area contributed by atoms with E-state index in [0.29, 0.717) is 32.4 Å². The molecule has 0 atom stereocenters. The summed E-state index contributed by atoms with van der Waals surface area (Å²) in [5.41, 5.74) is 1.65. The summed E-state index contributed by atoms with van der Waals surface area (Å²) in [4.78, 5) is 29.9. The number of fused-ring (bicyclic) bond motifs is 1. The summed E-state index contributed by atoms with van der Waals surface area (Å²) in [6.45, 7) is 5.35. The number of pyridine rings is 1. The van der Waals surface area contributed by atoms with Crippen LogP contribution < -0.4 is 5.32 Å². The van der Waals surface area contributed by atoms with Crippen LogP contribution >= 0.6 is 0 Å². The molecule has 0 saturated carbocycles. The van der Waals surface area contributed by atoms with Gasteiger partial charge < -0.3 is 10.2 Å². The molecule has 0 radical (unpaired) electrons. The van der Waals surface area contributed by atoms with E-state index >= 15 is 0 Å². The minimum Gasteiger partial charge on any atom is -0.343 e. The minimum atomic E-state index is -0.0689. The van der Waals surface area contributed by atoms with Gasteiger partial charge in [0, 0.05) is 43.2 Å². The van der Waals surface area contributed by atoms with Crippen LogP contribution in [0.25, 0.3) is 10.9 Å². The molecule has 2 amide bonds. The van der Waals surface area contributed by atoms with Crippen molar-refractivity contribution in [2.24, 2.45) is 0 Å². The molecule has 0 saturated heterocycles. The zero-order valence-corrected chi connectivity index (χ0v) is 13.7. The van der Waals surface area contributed by atoms with E-state index in [4.69, 9.17) is 0 Å². The molecule has 0 unspecified atom stereocenters. The molecule has 23 heavy (non-hydrogen) atoms. The van der Waals surface area contributed by atoms with Crippen molar-refractivity contribution in [2.75, 3.05) is 18.4 Å². The monoisotopic (exact) mass is 313 g/mol. The largest absolute Gasteiger partial charge is 0.343 e. The number of nitrogens with one attached hydrogen (secondary N) is 1. The highest BCUT2D eigenvalue weighted by Crippen LogP contribution is 2.17. The lowest BCUT2D eigenvalue weighted by molar-refractivity contribution is -0.130. The van der Waals surface area contributed by atoms with E-state index in [-0.39, 0.29) is 11.8 Å². The van der Waals surface area contributed by atoms with Crippen molar-refractivity contribution < 1.29 is 9.59 Å². The van der Waals surface area contributed by atoms with Crippen LogP contribution in [0, 0.1) is 0 Å². The van der Waals surface area contributed by atoms with Gasteiger partial charge in [-0.25, -0.2) is 0 Å². The van der Waals surface area contributed by atoms with E-state index in [0.717, 1.165) is 16.6 Å². The number of nitrogens with zero attached hydrogens (tertiary/aromatic N) is 2. The molecule has 122 valence electrons. The summed E-state index contributed by atoms with van der Waals surface area (Å²) in [6, 6.07) is 9.46. The maximum atomic E-state index is 12.0. The molecule has 0 aliphatic heterocycles. The number of carbonyl (C=O) groups is 2. The number of aromatic nitrogens is 1. The first-order chi connectivity index (χ1) is 11.1. The van der Waals surface area contributed by atoms with Crippen LogP contribution in [-0.4, -0.2) is 34.8 Å². The highest BCUT2D eigenvalue weighted by Gasteiger charge is 2.10. The van der Waals surface area contributed by atoms with E-state index in [1.165, 1.54) is 0 Å². The predicted molar refractivity (Wildman–Crippen MR) is 92.2 cm³/mol. The van der Waals surface area contributed by atoms with Gasteiger partial charge in [0.1, 0.15) is 0 Å². The Balaban J connectivity index is 1.83. The fourth-order valence-electron chi connectivity index (χ4n) is 2.51. The predicted octanol–water partition coefficient (Wildman–Crippen LogP) is 3.21. The van der Waals surface area contributed by atoms with Gasteiger partial charge in [-0.05, 0) is 44.5 Å². The van der Waals surface area contributed by atoms with Crippen molar-refractivity contribution in [1.82, 2.24) is 9.88 Å². The van der Waals surface area contributed by atoms with Crippen LogP contribution in [0.4, 0.5) is 5.69 Å². The lowest BCUT2D eigenvalue weighted by Crippen LogP contribution is -2.30. The number of carbonyl (C=O) groups excluding carboxylic acids is 2. The number of hydrogen-bond donors (Lipinski definition) is 1. The molecule has 2 aromatic rings. The van der Waals surface area contributed by atoms with E-state index in [2.05, 4.69) is 10.3 Å². The van der Waals surface area contributed by atoms with Crippen LogP contribution in [-0.2, 0) is 9.59 Å². The summed E-state index contributed by atoms with van der Waals surface area (Å²) < 4.78 is 0. The fourth-order valence-corrected chi connectivity index (χ4v) is 2.51. The zero-order valence-electron chi connectivity index (χ0n) is 13.7. The quantitative estimate of drug-likeness (QED) is 0.853.